The first kappa shape index (κ1) is 17.2. The summed E-state index contributed by atoms with van der Waals surface area (Å²) < 4.78 is 32.5. The van der Waals surface area contributed by atoms with Crippen molar-refractivity contribution in [3.63, 3.8) is 0 Å². The molecule has 0 radical (unpaired) electrons. The molecule has 1 amide bonds. The van der Waals surface area contributed by atoms with Crippen molar-refractivity contribution in [3.8, 4) is 0 Å². The largest absolute Gasteiger partial charge is 0.465 e. The predicted molar refractivity (Wildman–Crippen MR) is 86.3 cm³/mol. The molecule has 0 saturated carbocycles. The van der Waals surface area contributed by atoms with Crippen LogP contribution in [0.3, 0.4) is 0 Å². The van der Waals surface area contributed by atoms with Crippen LogP contribution in [0.5, 0.6) is 0 Å². The van der Waals surface area contributed by atoms with Gasteiger partial charge in [-0.05, 0) is 57.2 Å². The zero-order chi connectivity index (χ0) is 17.2. The Morgan fingerprint density at radius 2 is 1.78 bits per heavy atom. The van der Waals surface area contributed by atoms with E-state index in [1.807, 2.05) is 0 Å². The van der Waals surface area contributed by atoms with Gasteiger partial charge in [-0.15, -0.1) is 0 Å². The van der Waals surface area contributed by atoms with Gasteiger partial charge in [0.25, 0.3) is 0 Å². The fraction of sp³-hybridized carbons (Fsp3) is 0.312. The Morgan fingerprint density at radius 1 is 1.17 bits per heavy atom. The van der Waals surface area contributed by atoms with E-state index in [-0.39, 0.29) is 23.0 Å². The highest BCUT2D eigenvalue weighted by Gasteiger charge is 2.28. The first-order valence-corrected chi connectivity index (χ1v) is 8.63. The normalized spacial score (nSPS) is 12.0. The average Bonchev–Trinajstić information content (AvgIpc) is 2.89. The number of carbonyl (C=O) groups is 1. The van der Waals surface area contributed by atoms with Gasteiger partial charge in [-0.2, -0.15) is 4.31 Å². The molecule has 0 saturated heterocycles. The van der Waals surface area contributed by atoms with Gasteiger partial charge in [0.05, 0.1) is 11.4 Å². The lowest BCUT2D eigenvalue weighted by Crippen LogP contribution is -2.36. The van der Waals surface area contributed by atoms with Gasteiger partial charge < -0.3 is 10.2 Å². The molecule has 124 valence electrons. The monoisotopic (exact) mass is 336 g/mol. The molecule has 6 nitrogen and oxygen atoms in total. The molecule has 0 aliphatic heterocycles. The van der Waals surface area contributed by atoms with Crippen molar-refractivity contribution in [3.05, 3.63) is 53.5 Å². The first-order chi connectivity index (χ1) is 10.7. The lowest BCUT2D eigenvalue weighted by molar-refractivity contribution is 0.1000. The standard InChI is InChI=1S/C16H20N2O4S/c1-11(2)18(10-14-7-4-12(3)22-14)23(20,21)15-8-5-13(6-9-15)16(17)19/h4-9,11H,10H2,1-3H3,(H2,17,19). The van der Waals surface area contributed by atoms with Crippen LogP contribution in [0.4, 0.5) is 0 Å². The van der Waals surface area contributed by atoms with Gasteiger partial charge in [0.1, 0.15) is 11.5 Å². The zero-order valence-corrected chi connectivity index (χ0v) is 14.1. The highest BCUT2D eigenvalue weighted by atomic mass is 32.2. The maximum Gasteiger partial charge on any atom is 0.248 e. The number of nitrogens with zero attached hydrogens (tertiary/aromatic N) is 1. The number of aryl methyl sites for hydroxylation is 1. The second-order valence-electron chi connectivity index (χ2n) is 5.54. The van der Waals surface area contributed by atoms with E-state index in [0.717, 1.165) is 5.76 Å². The van der Waals surface area contributed by atoms with Crippen LogP contribution >= 0.6 is 0 Å². The minimum absolute atomic E-state index is 0.111. The maximum atomic E-state index is 12.8. The van der Waals surface area contributed by atoms with Gasteiger partial charge in [0.15, 0.2) is 0 Å². The van der Waals surface area contributed by atoms with Crippen LogP contribution in [0.1, 0.15) is 35.7 Å². The zero-order valence-electron chi connectivity index (χ0n) is 13.3. The molecular formula is C16H20N2O4S. The summed E-state index contributed by atoms with van der Waals surface area (Å²) in [4.78, 5) is 11.2. The summed E-state index contributed by atoms with van der Waals surface area (Å²) in [6, 6.07) is 8.89. The summed E-state index contributed by atoms with van der Waals surface area (Å²) >= 11 is 0. The second kappa shape index (κ2) is 6.55. The van der Waals surface area contributed by atoms with Crippen molar-refractivity contribution in [1.29, 1.82) is 0 Å². The van der Waals surface area contributed by atoms with Crippen LogP contribution in [0.2, 0.25) is 0 Å². The minimum atomic E-state index is -3.71. The quantitative estimate of drug-likeness (QED) is 0.875. The van der Waals surface area contributed by atoms with Gasteiger partial charge in [-0.25, -0.2) is 8.42 Å². The lowest BCUT2D eigenvalue weighted by atomic mass is 10.2. The van der Waals surface area contributed by atoms with Crippen LogP contribution in [0.25, 0.3) is 0 Å². The van der Waals surface area contributed by atoms with Crippen molar-refractivity contribution < 1.29 is 17.6 Å². The Bertz CT molecular complexity index is 792. The molecule has 1 heterocycles. The molecule has 2 aromatic rings. The summed E-state index contributed by atoms with van der Waals surface area (Å²) in [6.45, 7) is 5.54. The van der Waals surface area contributed by atoms with Crippen molar-refractivity contribution in [2.75, 3.05) is 0 Å². The van der Waals surface area contributed by atoms with Crippen LogP contribution in [0.15, 0.2) is 45.7 Å². The SMILES string of the molecule is Cc1ccc(CN(C(C)C)S(=O)(=O)c2ccc(C(N)=O)cc2)o1. The molecule has 23 heavy (non-hydrogen) atoms. The summed E-state index contributed by atoms with van der Waals surface area (Å²) in [5, 5.41) is 0. The van der Waals surface area contributed by atoms with E-state index < -0.39 is 15.9 Å². The van der Waals surface area contributed by atoms with E-state index in [1.165, 1.54) is 28.6 Å². The molecule has 0 unspecified atom stereocenters. The Balaban J connectivity index is 2.34. The predicted octanol–water partition coefficient (Wildman–Crippen LogP) is 2.29. The van der Waals surface area contributed by atoms with Crippen molar-refractivity contribution in [1.82, 2.24) is 4.31 Å². The highest BCUT2D eigenvalue weighted by Crippen LogP contribution is 2.22. The number of furan rings is 1. The highest BCUT2D eigenvalue weighted by molar-refractivity contribution is 7.89. The number of sulfonamides is 1. The van der Waals surface area contributed by atoms with E-state index in [0.29, 0.717) is 5.76 Å². The van der Waals surface area contributed by atoms with E-state index in [9.17, 15) is 13.2 Å². The molecule has 0 fully saturated rings. The summed E-state index contributed by atoms with van der Waals surface area (Å²) in [5.74, 6) is 0.709. The molecule has 2 rings (SSSR count). The molecule has 0 aliphatic carbocycles. The average molecular weight is 336 g/mol. The molecule has 0 bridgehead atoms. The number of nitrogens with two attached hydrogens (primary N) is 1. The molecule has 1 aromatic heterocycles. The lowest BCUT2D eigenvalue weighted by Gasteiger charge is -2.25. The number of amides is 1. The van der Waals surface area contributed by atoms with Crippen LogP contribution in [-0.2, 0) is 16.6 Å². The minimum Gasteiger partial charge on any atom is -0.465 e. The number of hydrogen-bond donors (Lipinski definition) is 1. The molecule has 0 atom stereocenters. The fourth-order valence-electron chi connectivity index (χ4n) is 2.20. The van der Waals surface area contributed by atoms with E-state index in [2.05, 4.69) is 0 Å². The van der Waals surface area contributed by atoms with Gasteiger partial charge >= 0.3 is 0 Å². The smallest absolute Gasteiger partial charge is 0.248 e. The second-order valence-corrected chi connectivity index (χ2v) is 7.44. The van der Waals surface area contributed by atoms with E-state index >= 15 is 0 Å². The summed E-state index contributed by atoms with van der Waals surface area (Å²) in [7, 11) is -3.71. The molecular weight excluding hydrogens is 316 g/mol. The first-order valence-electron chi connectivity index (χ1n) is 7.19. The summed E-state index contributed by atoms with van der Waals surface area (Å²) in [6.07, 6.45) is 0. The molecule has 2 N–H and O–H groups in total. The van der Waals surface area contributed by atoms with Gasteiger partial charge in [-0.3, -0.25) is 4.79 Å². The van der Waals surface area contributed by atoms with E-state index in [4.69, 9.17) is 10.2 Å². The molecule has 0 spiro atoms. The third-order valence-electron chi connectivity index (χ3n) is 3.43. The molecule has 1 aromatic carbocycles. The topological polar surface area (TPSA) is 93.6 Å². The van der Waals surface area contributed by atoms with Crippen LogP contribution in [0, 0.1) is 6.92 Å². The third-order valence-corrected chi connectivity index (χ3v) is 5.47. The van der Waals surface area contributed by atoms with Crippen LogP contribution in [-0.4, -0.2) is 24.7 Å². The van der Waals surface area contributed by atoms with Gasteiger partial charge in [0, 0.05) is 11.6 Å². The van der Waals surface area contributed by atoms with E-state index in [1.54, 1.807) is 32.9 Å². The van der Waals surface area contributed by atoms with Crippen molar-refractivity contribution in [2.24, 2.45) is 5.73 Å². The fourth-order valence-corrected chi connectivity index (χ4v) is 3.80. The number of primary amides is 1. The Labute approximate surface area is 135 Å². The number of hydrogen-bond acceptors (Lipinski definition) is 4. The van der Waals surface area contributed by atoms with Gasteiger partial charge in [-0.1, -0.05) is 0 Å². The van der Waals surface area contributed by atoms with Crippen LogP contribution < -0.4 is 5.73 Å². The Morgan fingerprint density at radius 3 is 2.22 bits per heavy atom. The molecule has 0 aliphatic rings. The number of rotatable bonds is 6. The maximum absolute atomic E-state index is 12.8. The summed E-state index contributed by atoms with van der Waals surface area (Å²) in [5.41, 5.74) is 5.44. The number of carbonyl (C=O) groups excluding carboxylic acids is 1. The Kier molecular flexibility index (Phi) is 4.91. The van der Waals surface area contributed by atoms with Gasteiger partial charge in [0.2, 0.25) is 15.9 Å². The van der Waals surface area contributed by atoms with Crippen molar-refractivity contribution >= 4 is 15.9 Å². The van der Waals surface area contributed by atoms with Crippen molar-refractivity contribution in [2.45, 2.75) is 38.3 Å². The Hall–Kier alpha value is -2.12. The number of benzene rings is 1. The molecule has 7 heteroatoms. The third kappa shape index (κ3) is 3.80.